The van der Waals surface area contributed by atoms with Crippen LogP contribution in [0.1, 0.15) is 38.1 Å². The zero-order chi connectivity index (χ0) is 20.6. The van der Waals surface area contributed by atoms with Gasteiger partial charge in [0, 0.05) is 18.0 Å². The van der Waals surface area contributed by atoms with Gasteiger partial charge in [-0.25, -0.2) is 0 Å². The fourth-order valence-electron chi connectivity index (χ4n) is 2.96. The number of nitrogens with two attached hydrogens (primary N) is 1. The van der Waals surface area contributed by atoms with E-state index in [1.807, 2.05) is 24.3 Å². The lowest BCUT2D eigenvalue weighted by molar-refractivity contribution is 0.293. The van der Waals surface area contributed by atoms with E-state index in [1.54, 1.807) is 0 Å². The van der Waals surface area contributed by atoms with Crippen molar-refractivity contribution in [1.29, 1.82) is 0 Å². The van der Waals surface area contributed by atoms with Crippen LogP contribution in [-0.4, -0.2) is 34.8 Å². The molecule has 0 saturated heterocycles. The van der Waals surface area contributed by atoms with E-state index >= 15 is 0 Å². The van der Waals surface area contributed by atoms with Gasteiger partial charge in [-0.2, -0.15) is 4.98 Å². The van der Waals surface area contributed by atoms with Crippen molar-refractivity contribution in [2.45, 2.75) is 45.6 Å². The first-order valence-electron chi connectivity index (χ1n) is 10.2. The van der Waals surface area contributed by atoms with Crippen LogP contribution in [-0.2, 0) is 12.8 Å². The lowest BCUT2D eigenvalue weighted by atomic mass is 10.1. The lowest BCUT2D eigenvalue weighted by Crippen LogP contribution is -2.31. The van der Waals surface area contributed by atoms with Crippen LogP contribution >= 0.6 is 0 Å². The van der Waals surface area contributed by atoms with Crippen molar-refractivity contribution in [1.82, 2.24) is 15.0 Å². The molecule has 154 valence electrons. The van der Waals surface area contributed by atoms with Gasteiger partial charge in [0.05, 0.1) is 18.0 Å². The minimum Gasteiger partial charge on any atom is -0.397 e. The van der Waals surface area contributed by atoms with E-state index in [9.17, 15) is 0 Å². The number of hydrogen-bond donors (Lipinski definition) is 2. The number of aromatic nitrogens is 2. The summed E-state index contributed by atoms with van der Waals surface area (Å²) >= 11 is 0. The monoisotopic (exact) mass is 393 g/mol. The summed E-state index contributed by atoms with van der Waals surface area (Å²) in [6.07, 6.45) is 3.98. The summed E-state index contributed by atoms with van der Waals surface area (Å²) in [6, 6.07) is 16.8. The molecule has 1 heterocycles. The SMILES string of the molecule is CC(C)N(C)CNc1cc(-c2noc(CCCCc3ccccc3)n2)ccc1N. The third kappa shape index (κ3) is 6.06. The van der Waals surface area contributed by atoms with E-state index < -0.39 is 0 Å². The van der Waals surface area contributed by atoms with Crippen molar-refractivity contribution in [3.05, 3.63) is 60.0 Å². The fourth-order valence-corrected chi connectivity index (χ4v) is 2.96. The molecular weight excluding hydrogens is 362 g/mol. The molecule has 0 radical (unpaired) electrons. The second-order valence-corrected chi connectivity index (χ2v) is 7.69. The van der Waals surface area contributed by atoms with Crippen molar-refractivity contribution in [2.75, 3.05) is 24.8 Å². The Morgan fingerprint density at radius 1 is 1.07 bits per heavy atom. The third-order valence-corrected chi connectivity index (χ3v) is 5.13. The van der Waals surface area contributed by atoms with Gasteiger partial charge in [-0.15, -0.1) is 0 Å². The Kier molecular flexibility index (Phi) is 7.25. The Balaban J connectivity index is 1.55. The standard InChI is InChI=1S/C23H31N5O/c1-17(2)28(3)16-25-21-15-19(13-14-20(21)24)23-26-22(29-27-23)12-8-7-11-18-9-5-4-6-10-18/h4-6,9-10,13-15,17,25H,7-8,11-12,16,24H2,1-3H3. The quantitative estimate of drug-likeness (QED) is 0.298. The Morgan fingerprint density at radius 2 is 1.83 bits per heavy atom. The minimum atomic E-state index is 0.452. The molecule has 0 unspecified atom stereocenters. The molecule has 0 saturated carbocycles. The first-order valence-corrected chi connectivity index (χ1v) is 10.2. The largest absolute Gasteiger partial charge is 0.397 e. The molecule has 29 heavy (non-hydrogen) atoms. The van der Waals surface area contributed by atoms with Gasteiger partial charge in [0.2, 0.25) is 11.7 Å². The summed E-state index contributed by atoms with van der Waals surface area (Å²) in [5.41, 5.74) is 9.96. The second-order valence-electron chi connectivity index (χ2n) is 7.69. The van der Waals surface area contributed by atoms with E-state index in [0.29, 0.717) is 30.1 Å². The molecule has 3 aromatic rings. The molecule has 0 atom stereocenters. The molecule has 0 aliphatic carbocycles. The first-order chi connectivity index (χ1) is 14.0. The van der Waals surface area contributed by atoms with Crippen LogP contribution in [0.15, 0.2) is 53.1 Å². The highest BCUT2D eigenvalue weighted by molar-refractivity contribution is 5.73. The maximum atomic E-state index is 6.12. The molecule has 0 fully saturated rings. The number of nitrogens with zero attached hydrogens (tertiary/aromatic N) is 3. The number of unbranched alkanes of at least 4 members (excludes halogenated alkanes) is 1. The number of benzene rings is 2. The molecule has 3 rings (SSSR count). The van der Waals surface area contributed by atoms with Crippen LogP contribution in [0.3, 0.4) is 0 Å². The summed E-state index contributed by atoms with van der Waals surface area (Å²) in [7, 11) is 2.07. The Labute approximate surface area is 173 Å². The zero-order valence-corrected chi connectivity index (χ0v) is 17.6. The average Bonchev–Trinajstić information content (AvgIpc) is 3.20. The lowest BCUT2D eigenvalue weighted by Gasteiger charge is -2.22. The summed E-state index contributed by atoms with van der Waals surface area (Å²) in [6.45, 7) is 5.02. The van der Waals surface area contributed by atoms with Gasteiger partial charge in [-0.3, -0.25) is 4.90 Å². The summed E-state index contributed by atoms with van der Waals surface area (Å²) in [5, 5.41) is 7.54. The van der Waals surface area contributed by atoms with Gasteiger partial charge < -0.3 is 15.6 Å². The molecule has 6 nitrogen and oxygen atoms in total. The maximum absolute atomic E-state index is 6.12. The highest BCUT2D eigenvalue weighted by Gasteiger charge is 2.11. The molecular formula is C23H31N5O. The minimum absolute atomic E-state index is 0.452. The zero-order valence-electron chi connectivity index (χ0n) is 17.6. The topological polar surface area (TPSA) is 80.2 Å². The Hall–Kier alpha value is -2.86. The number of nitrogens with one attached hydrogen (secondary N) is 1. The molecule has 0 spiro atoms. The van der Waals surface area contributed by atoms with Crippen molar-refractivity contribution in [3.8, 4) is 11.4 Å². The Morgan fingerprint density at radius 3 is 2.59 bits per heavy atom. The van der Waals surface area contributed by atoms with Gasteiger partial charge in [0.1, 0.15) is 0 Å². The van der Waals surface area contributed by atoms with Crippen LogP contribution in [0.2, 0.25) is 0 Å². The van der Waals surface area contributed by atoms with Gasteiger partial charge in [0.25, 0.3) is 0 Å². The Bertz CT molecular complexity index is 891. The van der Waals surface area contributed by atoms with E-state index in [4.69, 9.17) is 10.3 Å². The fraction of sp³-hybridized carbons (Fsp3) is 0.391. The average molecular weight is 394 g/mol. The second kappa shape index (κ2) is 10.1. The van der Waals surface area contributed by atoms with E-state index in [2.05, 4.69) is 65.5 Å². The summed E-state index contributed by atoms with van der Waals surface area (Å²) in [4.78, 5) is 6.76. The maximum Gasteiger partial charge on any atom is 0.226 e. The van der Waals surface area contributed by atoms with Gasteiger partial charge in [-0.05, 0) is 63.9 Å². The molecule has 0 aliphatic heterocycles. The van der Waals surface area contributed by atoms with Crippen LogP contribution in [0.4, 0.5) is 11.4 Å². The third-order valence-electron chi connectivity index (χ3n) is 5.13. The van der Waals surface area contributed by atoms with Crippen molar-refractivity contribution in [2.24, 2.45) is 0 Å². The highest BCUT2D eigenvalue weighted by atomic mass is 16.5. The molecule has 6 heteroatoms. The highest BCUT2D eigenvalue weighted by Crippen LogP contribution is 2.26. The number of anilines is 2. The van der Waals surface area contributed by atoms with Crippen molar-refractivity contribution >= 4 is 11.4 Å². The van der Waals surface area contributed by atoms with Gasteiger partial charge in [-0.1, -0.05) is 35.5 Å². The smallest absolute Gasteiger partial charge is 0.226 e. The van der Waals surface area contributed by atoms with Crippen LogP contribution in [0.25, 0.3) is 11.4 Å². The number of hydrogen-bond acceptors (Lipinski definition) is 6. The molecule has 3 N–H and O–H groups in total. The van der Waals surface area contributed by atoms with Crippen LogP contribution in [0.5, 0.6) is 0 Å². The molecule has 0 amide bonds. The predicted octanol–water partition coefficient (Wildman–Crippen LogP) is 4.59. The summed E-state index contributed by atoms with van der Waals surface area (Å²) in [5.74, 6) is 1.28. The first kappa shape index (κ1) is 20.9. The number of nitrogen functional groups attached to an aromatic ring is 1. The molecule has 1 aromatic heterocycles. The number of rotatable bonds is 10. The molecule has 2 aromatic carbocycles. The predicted molar refractivity (Wildman–Crippen MR) is 119 cm³/mol. The van der Waals surface area contributed by atoms with E-state index in [-0.39, 0.29) is 0 Å². The van der Waals surface area contributed by atoms with E-state index in [0.717, 1.165) is 36.9 Å². The van der Waals surface area contributed by atoms with E-state index in [1.165, 1.54) is 5.56 Å². The summed E-state index contributed by atoms with van der Waals surface area (Å²) < 4.78 is 5.45. The van der Waals surface area contributed by atoms with Crippen LogP contribution in [0, 0.1) is 0 Å². The van der Waals surface area contributed by atoms with Crippen molar-refractivity contribution in [3.63, 3.8) is 0 Å². The molecule has 0 bridgehead atoms. The van der Waals surface area contributed by atoms with Crippen LogP contribution < -0.4 is 11.1 Å². The van der Waals surface area contributed by atoms with Crippen molar-refractivity contribution < 1.29 is 4.52 Å². The van der Waals surface area contributed by atoms with Gasteiger partial charge >= 0.3 is 0 Å². The van der Waals surface area contributed by atoms with Gasteiger partial charge in [0.15, 0.2) is 0 Å². The normalized spacial score (nSPS) is 11.3. The molecule has 0 aliphatic rings. The number of aryl methyl sites for hydroxylation is 2.